The Bertz CT molecular complexity index is 817. The van der Waals surface area contributed by atoms with Crippen LogP contribution in [0.4, 0.5) is 11.8 Å². The van der Waals surface area contributed by atoms with E-state index in [0.29, 0.717) is 29.4 Å². The van der Waals surface area contributed by atoms with Gasteiger partial charge in [-0.2, -0.15) is 9.97 Å². The van der Waals surface area contributed by atoms with Gasteiger partial charge >= 0.3 is 0 Å². The summed E-state index contributed by atoms with van der Waals surface area (Å²) >= 11 is 1.66. The molecule has 0 amide bonds. The van der Waals surface area contributed by atoms with E-state index in [9.17, 15) is 0 Å². The van der Waals surface area contributed by atoms with Gasteiger partial charge in [0.1, 0.15) is 22.5 Å². The number of nitrogen functional groups attached to an aromatic ring is 2. The highest BCUT2D eigenvalue weighted by molar-refractivity contribution is 7.09. The molecule has 120 valence electrons. The lowest BCUT2D eigenvalue weighted by molar-refractivity contribution is -0.0367. The van der Waals surface area contributed by atoms with Crippen molar-refractivity contribution in [2.75, 3.05) is 31.2 Å². The van der Waals surface area contributed by atoms with E-state index in [0.717, 1.165) is 24.6 Å². The van der Waals surface area contributed by atoms with E-state index < -0.39 is 0 Å². The molecule has 5 N–H and O–H groups in total. The first-order valence-electron chi connectivity index (χ1n) is 7.20. The van der Waals surface area contributed by atoms with E-state index in [1.165, 1.54) is 0 Å². The van der Waals surface area contributed by atoms with Crippen molar-refractivity contribution >= 4 is 34.3 Å². The van der Waals surface area contributed by atoms with Gasteiger partial charge in [-0.1, -0.05) is 0 Å². The molecule has 1 aliphatic rings. The minimum atomic E-state index is -0.168. The third-order valence-electron chi connectivity index (χ3n) is 3.71. The third kappa shape index (κ3) is 2.83. The summed E-state index contributed by atoms with van der Waals surface area (Å²) in [6.07, 6.45) is 1.65. The maximum absolute atomic E-state index is 5.86. The molecule has 3 aromatic heterocycles. The zero-order valence-corrected chi connectivity index (χ0v) is 13.1. The Hall–Kier alpha value is -2.30. The van der Waals surface area contributed by atoms with Crippen LogP contribution in [0, 0.1) is 0 Å². The first kappa shape index (κ1) is 14.3. The molecule has 0 radical (unpaired) electrons. The molecule has 1 saturated heterocycles. The van der Waals surface area contributed by atoms with Gasteiger partial charge in [0, 0.05) is 24.7 Å². The van der Waals surface area contributed by atoms with E-state index in [2.05, 4.69) is 29.8 Å². The van der Waals surface area contributed by atoms with Crippen LogP contribution >= 0.6 is 11.3 Å². The van der Waals surface area contributed by atoms with Crippen LogP contribution in [-0.4, -0.2) is 49.5 Å². The number of nitrogens with one attached hydrogen (secondary N) is 1. The number of rotatable bonds is 3. The van der Waals surface area contributed by atoms with Crippen molar-refractivity contribution < 1.29 is 4.74 Å². The number of aromatic nitrogens is 5. The molecular weight excluding hydrogens is 316 g/mol. The highest BCUT2D eigenvalue weighted by Gasteiger charge is 2.26. The molecule has 1 fully saturated rings. The number of nitrogens with zero attached hydrogens (tertiary/aromatic N) is 5. The van der Waals surface area contributed by atoms with Gasteiger partial charge < -0.3 is 21.2 Å². The summed E-state index contributed by atoms with van der Waals surface area (Å²) in [6, 6.07) is 0. The van der Waals surface area contributed by atoms with Crippen LogP contribution in [0.2, 0.25) is 0 Å². The predicted molar refractivity (Wildman–Crippen MR) is 86.6 cm³/mol. The van der Waals surface area contributed by atoms with Crippen LogP contribution in [0.3, 0.4) is 0 Å². The number of fused-ring (bicyclic) bond motifs is 1. The highest BCUT2D eigenvalue weighted by Crippen LogP contribution is 2.25. The molecule has 0 aliphatic carbocycles. The first-order valence-corrected chi connectivity index (χ1v) is 8.08. The number of hydrogen-bond donors (Lipinski definition) is 3. The van der Waals surface area contributed by atoms with E-state index in [-0.39, 0.29) is 12.1 Å². The fourth-order valence-electron chi connectivity index (χ4n) is 2.64. The molecule has 1 aliphatic heterocycles. The van der Waals surface area contributed by atoms with Crippen molar-refractivity contribution in [3.05, 3.63) is 22.4 Å². The molecular formula is C13H16N8OS. The van der Waals surface area contributed by atoms with Gasteiger partial charge in [-0.3, -0.25) is 4.90 Å². The fraction of sp³-hybridized carbons (Fsp3) is 0.385. The van der Waals surface area contributed by atoms with Gasteiger partial charge in [-0.05, 0) is 0 Å². The Balaban J connectivity index is 1.56. The smallest absolute Gasteiger partial charge is 0.224 e. The highest BCUT2D eigenvalue weighted by atomic mass is 32.1. The molecule has 23 heavy (non-hydrogen) atoms. The molecule has 9 nitrogen and oxygen atoms in total. The summed E-state index contributed by atoms with van der Waals surface area (Å²) in [4.78, 5) is 22.3. The number of morpholine rings is 1. The standard InChI is InChI=1S/C13H16N8OS/c14-10-9-12(20-13(15)18-10)19-11(17-9)7-5-21(2-3-22-7)6-8-16-1-4-23-8/h1,4,7H,2-3,5-6H2,(H5,14,15,17,18,19,20). The monoisotopic (exact) mass is 332 g/mol. The van der Waals surface area contributed by atoms with Gasteiger partial charge in [0.2, 0.25) is 5.95 Å². The average molecular weight is 332 g/mol. The number of nitrogens with two attached hydrogens (primary N) is 2. The van der Waals surface area contributed by atoms with Gasteiger partial charge in [0.05, 0.1) is 13.2 Å². The molecule has 0 saturated carbocycles. The zero-order valence-electron chi connectivity index (χ0n) is 12.3. The number of hydrogen-bond acceptors (Lipinski definition) is 9. The van der Waals surface area contributed by atoms with Gasteiger partial charge in [-0.25, -0.2) is 9.97 Å². The summed E-state index contributed by atoms with van der Waals surface area (Å²) in [5, 5.41) is 3.08. The van der Waals surface area contributed by atoms with E-state index in [1.807, 2.05) is 11.6 Å². The molecule has 0 aromatic carbocycles. The SMILES string of the molecule is Nc1nc(N)c2[nH]c(C3CN(Cc4nccs4)CCO3)nc2n1. The Morgan fingerprint density at radius 3 is 3.09 bits per heavy atom. The van der Waals surface area contributed by atoms with Crippen LogP contribution in [0.15, 0.2) is 11.6 Å². The molecule has 1 atom stereocenters. The van der Waals surface area contributed by atoms with Crippen LogP contribution in [-0.2, 0) is 11.3 Å². The Kier molecular flexibility index (Phi) is 3.56. The second kappa shape index (κ2) is 5.72. The van der Waals surface area contributed by atoms with Crippen LogP contribution < -0.4 is 11.5 Å². The summed E-state index contributed by atoms with van der Waals surface area (Å²) < 4.78 is 5.84. The van der Waals surface area contributed by atoms with Gasteiger partial charge in [0.25, 0.3) is 0 Å². The largest absolute Gasteiger partial charge is 0.382 e. The molecule has 1 unspecified atom stereocenters. The van der Waals surface area contributed by atoms with Crippen LogP contribution in [0.1, 0.15) is 16.9 Å². The second-order valence-corrected chi connectivity index (χ2v) is 6.29. The van der Waals surface area contributed by atoms with Crippen molar-refractivity contribution in [3.63, 3.8) is 0 Å². The first-order chi connectivity index (χ1) is 11.2. The molecule has 0 spiro atoms. The van der Waals surface area contributed by atoms with Crippen molar-refractivity contribution in [1.82, 2.24) is 29.8 Å². The third-order valence-corrected chi connectivity index (χ3v) is 4.48. The van der Waals surface area contributed by atoms with E-state index in [1.54, 1.807) is 11.3 Å². The number of thiazole rings is 1. The van der Waals surface area contributed by atoms with Crippen molar-refractivity contribution in [2.24, 2.45) is 0 Å². The average Bonchev–Trinajstić information content (AvgIpc) is 3.17. The maximum Gasteiger partial charge on any atom is 0.224 e. The topological polar surface area (TPSA) is 132 Å². The number of aromatic amines is 1. The van der Waals surface area contributed by atoms with Crippen molar-refractivity contribution in [1.29, 1.82) is 0 Å². The lowest BCUT2D eigenvalue weighted by Gasteiger charge is -2.31. The van der Waals surface area contributed by atoms with Crippen molar-refractivity contribution in [3.8, 4) is 0 Å². The van der Waals surface area contributed by atoms with E-state index >= 15 is 0 Å². The number of imidazole rings is 1. The summed E-state index contributed by atoms with van der Waals surface area (Å²) in [7, 11) is 0. The predicted octanol–water partition coefficient (Wildman–Crippen LogP) is 0.547. The molecule has 4 rings (SSSR count). The Morgan fingerprint density at radius 2 is 2.26 bits per heavy atom. The van der Waals surface area contributed by atoms with Crippen molar-refractivity contribution in [2.45, 2.75) is 12.6 Å². The summed E-state index contributed by atoms with van der Waals surface area (Å²) in [5.74, 6) is 1.10. The molecule has 10 heteroatoms. The molecule has 0 bridgehead atoms. The van der Waals surface area contributed by atoms with E-state index in [4.69, 9.17) is 16.2 Å². The number of ether oxygens (including phenoxy) is 1. The van der Waals surface area contributed by atoms with Crippen LogP contribution in [0.25, 0.3) is 11.2 Å². The Morgan fingerprint density at radius 1 is 1.35 bits per heavy atom. The Labute approximate surface area is 135 Å². The second-order valence-electron chi connectivity index (χ2n) is 5.31. The minimum Gasteiger partial charge on any atom is -0.382 e. The minimum absolute atomic E-state index is 0.114. The maximum atomic E-state index is 5.86. The lowest BCUT2D eigenvalue weighted by atomic mass is 10.2. The van der Waals surface area contributed by atoms with Gasteiger partial charge in [-0.15, -0.1) is 11.3 Å². The zero-order chi connectivity index (χ0) is 15.8. The lowest BCUT2D eigenvalue weighted by Crippen LogP contribution is -2.38. The summed E-state index contributed by atoms with van der Waals surface area (Å²) in [6.45, 7) is 3.04. The fourth-order valence-corrected chi connectivity index (χ4v) is 3.30. The summed E-state index contributed by atoms with van der Waals surface area (Å²) in [5.41, 5.74) is 12.5. The molecule has 4 heterocycles. The van der Waals surface area contributed by atoms with Crippen LogP contribution in [0.5, 0.6) is 0 Å². The molecule has 3 aromatic rings. The number of anilines is 2. The number of H-pyrrole nitrogens is 1. The normalized spacial score (nSPS) is 19.4. The quantitative estimate of drug-likeness (QED) is 0.633. The van der Waals surface area contributed by atoms with Gasteiger partial charge in [0.15, 0.2) is 11.5 Å².